The van der Waals surface area contributed by atoms with Crippen molar-refractivity contribution >= 4 is 29.0 Å². The van der Waals surface area contributed by atoms with Gasteiger partial charge in [-0.25, -0.2) is 5.84 Å². The smallest absolute Gasteiger partial charge is 0.275 e. The second kappa shape index (κ2) is 6.04. The standard InChI is InChI=1S/C13H14N2OS2/c1-9-3-2-4-10(7-9)17-8-11-5-6-12(18-11)13(16)15-14/h2-7H,8,14H2,1H3,(H,15,16). The lowest BCUT2D eigenvalue weighted by molar-refractivity contribution is 0.0957. The van der Waals surface area contributed by atoms with Gasteiger partial charge >= 0.3 is 0 Å². The minimum Gasteiger partial charge on any atom is -0.289 e. The van der Waals surface area contributed by atoms with Gasteiger partial charge in [-0.3, -0.25) is 10.2 Å². The molecule has 1 aromatic heterocycles. The van der Waals surface area contributed by atoms with E-state index in [2.05, 4.69) is 36.6 Å². The molecule has 1 amide bonds. The molecule has 0 fully saturated rings. The minimum absolute atomic E-state index is 0.230. The van der Waals surface area contributed by atoms with E-state index < -0.39 is 0 Å². The van der Waals surface area contributed by atoms with Crippen molar-refractivity contribution in [2.45, 2.75) is 17.6 Å². The Morgan fingerprint density at radius 2 is 2.22 bits per heavy atom. The first kappa shape index (κ1) is 13.1. The predicted octanol–water partition coefficient (Wildman–Crippen LogP) is 2.95. The van der Waals surface area contributed by atoms with Crippen LogP contribution in [0.3, 0.4) is 0 Å². The number of nitrogens with one attached hydrogen (secondary N) is 1. The topological polar surface area (TPSA) is 55.1 Å². The average molecular weight is 278 g/mol. The summed E-state index contributed by atoms with van der Waals surface area (Å²) in [6.45, 7) is 2.08. The first-order chi connectivity index (χ1) is 8.69. The van der Waals surface area contributed by atoms with Crippen LogP contribution in [-0.2, 0) is 5.75 Å². The maximum Gasteiger partial charge on any atom is 0.275 e. The third-order valence-corrected chi connectivity index (χ3v) is 4.70. The summed E-state index contributed by atoms with van der Waals surface area (Å²) in [6, 6.07) is 12.2. The molecule has 5 heteroatoms. The van der Waals surface area contributed by atoms with Gasteiger partial charge in [-0.15, -0.1) is 23.1 Å². The van der Waals surface area contributed by atoms with Gasteiger partial charge in [-0.1, -0.05) is 17.7 Å². The van der Waals surface area contributed by atoms with Crippen LogP contribution in [-0.4, -0.2) is 5.91 Å². The summed E-state index contributed by atoms with van der Waals surface area (Å²) in [6.07, 6.45) is 0. The van der Waals surface area contributed by atoms with Crippen LogP contribution in [0.4, 0.5) is 0 Å². The van der Waals surface area contributed by atoms with Gasteiger partial charge in [0.2, 0.25) is 0 Å². The molecule has 0 saturated carbocycles. The van der Waals surface area contributed by atoms with E-state index in [4.69, 9.17) is 5.84 Å². The van der Waals surface area contributed by atoms with Gasteiger partial charge in [0.1, 0.15) is 0 Å². The molecule has 94 valence electrons. The van der Waals surface area contributed by atoms with E-state index in [0.717, 1.165) is 5.75 Å². The molecule has 18 heavy (non-hydrogen) atoms. The molecule has 1 heterocycles. The molecule has 0 spiro atoms. The van der Waals surface area contributed by atoms with Gasteiger partial charge in [0, 0.05) is 15.5 Å². The lowest BCUT2D eigenvalue weighted by atomic mass is 10.2. The van der Waals surface area contributed by atoms with Crippen LogP contribution in [0.2, 0.25) is 0 Å². The molecule has 0 saturated heterocycles. The molecule has 3 N–H and O–H groups in total. The lowest BCUT2D eigenvalue weighted by Crippen LogP contribution is -2.29. The molecule has 0 unspecified atom stereocenters. The Kier molecular flexibility index (Phi) is 4.41. The molecule has 0 atom stereocenters. The number of thiophene rings is 1. The fraction of sp³-hybridized carbons (Fsp3) is 0.154. The second-order valence-corrected chi connectivity index (χ2v) is 6.06. The van der Waals surface area contributed by atoms with Crippen molar-refractivity contribution in [1.82, 2.24) is 5.43 Å². The summed E-state index contributed by atoms with van der Waals surface area (Å²) in [5.74, 6) is 5.73. The van der Waals surface area contributed by atoms with Crippen molar-refractivity contribution in [2.75, 3.05) is 0 Å². The fourth-order valence-electron chi connectivity index (χ4n) is 1.51. The zero-order chi connectivity index (χ0) is 13.0. The first-order valence-electron chi connectivity index (χ1n) is 5.48. The number of hydrogen-bond donors (Lipinski definition) is 2. The number of carbonyl (C=O) groups is 1. The average Bonchev–Trinajstić information content (AvgIpc) is 2.84. The van der Waals surface area contributed by atoms with Gasteiger partial charge in [-0.05, 0) is 31.2 Å². The van der Waals surface area contributed by atoms with E-state index in [-0.39, 0.29) is 5.91 Å². The van der Waals surface area contributed by atoms with E-state index in [9.17, 15) is 4.79 Å². The molecular formula is C13H14N2OS2. The lowest BCUT2D eigenvalue weighted by Gasteiger charge is -2.00. The van der Waals surface area contributed by atoms with E-state index in [1.54, 1.807) is 17.8 Å². The van der Waals surface area contributed by atoms with Crippen molar-refractivity contribution in [3.05, 3.63) is 51.7 Å². The normalized spacial score (nSPS) is 10.3. The highest BCUT2D eigenvalue weighted by Crippen LogP contribution is 2.27. The largest absolute Gasteiger partial charge is 0.289 e. The molecule has 0 aliphatic rings. The number of hydrazine groups is 1. The molecular weight excluding hydrogens is 264 g/mol. The highest BCUT2D eigenvalue weighted by Gasteiger charge is 2.07. The van der Waals surface area contributed by atoms with Gasteiger partial charge in [-0.2, -0.15) is 0 Å². The monoisotopic (exact) mass is 278 g/mol. The Balaban J connectivity index is 1.98. The van der Waals surface area contributed by atoms with Crippen molar-refractivity contribution in [3.8, 4) is 0 Å². The zero-order valence-corrected chi connectivity index (χ0v) is 11.6. The molecule has 0 bridgehead atoms. The number of hydrogen-bond acceptors (Lipinski definition) is 4. The SMILES string of the molecule is Cc1cccc(SCc2ccc(C(=O)NN)s2)c1. The van der Waals surface area contributed by atoms with Crippen molar-refractivity contribution < 1.29 is 4.79 Å². The summed E-state index contributed by atoms with van der Waals surface area (Å²) >= 11 is 3.24. The van der Waals surface area contributed by atoms with Gasteiger partial charge in [0.25, 0.3) is 5.91 Å². The Labute approximate surface area is 114 Å². The molecule has 2 aromatic rings. The van der Waals surface area contributed by atoms with Gasteiger partial charge in [0.15, 0.2) is 0 Å². The Bertz CT molecular complexity index is 551. The summed E-state index contributed by atoms with van der Waals surface area (Å²) in [5, 5.41) is 0. The van der Waals surface area contributed by atoms with Crippen LogP contribution in [0, 0.1) is 6.92 Å². The molecule has 2 rings (SSSR count). The third kappa shape index (κ3) is 3.35. The number of carbonyl (C=O) groups excluding carboxylic acids is 1. The predicted molar refractivity (Wildman–Crippen MR) is 76.7 cm³/mol. The number of nitrogen functional groups attached to an aromatic ring is 1. The van der Waals surface area contributed by atoms with Crippen molar-refractivity contribution in [2.24, 2.45) is 5.84 Å². The van der Waals surface area contributed by atoms with Crippen molar-refractivity contribution in [1.29, 1.82) is 0 Å². The quantitative estimate of drug-likeness (QED) is 0.391. The molecule has 1 aromatic carbocycles. The van der Waals surface area contributed by atoms with Crippen LogP contribution in [0.15, 0.2) is 41.3 Å². The van der Waals surface area contributed by atoms with Crippen LogP contribution < -0.4 is 11.3 Å². The number of aryl methyl sites for hydroxylation is 1. The molecule has 0 aliphatic carbocycles. The fourth-order valence-corrected chi connectivity index (χ4v) is 3.48. The van der Waals surface area contributed by atoms with E-state index in [0.29, 0.717) is 4.88 Å². The summed E-state index contributed by atoms with van der Waals surface area (Å²) < 4.78 is 0. The maximum absolute atomic E-state index is 11.3. The van der Waals surface area contributed by atoms with E-state index in [1.807, 2.05) is 6.07 Å². The van der Waals surface area contributed by atoms with Crippen molar-refractivity contribution in [3.63, 3.8) is 0 Å². The van der Waals surface area contributed by atoms with Gasteiger partial charge < -0.3 is 0 Å². The number of thioether (sulfide) groups is 1. The first-order valence-corrected chi connectivity index (χ1v) is 7.28. The highest BCUT2D eigenvalue weighted by molar-refractivity contribution is 7.98. The van der Waals surface area contributed by atoms with Crippen LogP contribution in [0.5, 0.6) is 0 Å². The Morgan fingerprint density at radius 1 is 1.39 bits per heavy atom. The summed E-state index contributed by atoms with van der Waals surface area (Å²) in [5.41, 5.74) is 3.40. The van der Waals surface area contributed by atoms with E-state index >= 15 is 0 Å². The number of rotatable bonds is 4. The molecule has 0 aliphatic heterocycles. The van der Waals surface area contributed by atoms with Crippen LogP contribution >= 0.6 is 23.1 Å². The Morgan fingerprint density at radius 3 is 2.94 bits per heavy atom. The second-order valence-electron chi connectivity index (χ2n) is 3.84. The van der Waals surface area contributed by atoms with Crippen LogP contribution in [0.1, 0.15) is 20.1 Å². The number of amides is 1. The Hall–Kier alpha value is -1.30. The van der Waals surface area contributed by atoms with Crippen LogP contribution in [0.25, 0.3) is 0 Å². The maximum atomic E-state index is 11.3. The van der Waals surface area contributed by atoms with E-state index in [1.165, 1.54) is 26.7 Å². The minimum atomic E-state index is -0.230. The summed E-state index contributed by atoms with van der Waals surface area (Å²) in [4.78, 5) is 14.4. The molecule has 0 radical (unpaired) electrons. The highest BCUT2D eigenvalue weighted by atomic mass is 32.2. The molecule has 3 nitrogen and oxygen atoms in total. The zero-order valence-electron chi connectivity index (χ0n) is 9.97. The number of nitrogens with two attached hydrogens (primary N) is 1. The third-order valence-electron chi connectivity index (χ3n) is 2.39. The number of benzene rings is 1. The summed E-state index contributed by atoms with van der Waals surface area (Å²) in [7, 11) is 0. The van der Waals surface area contributed by atoms with Gasteiger partial charge in [0.05, 0.1) is 4.88 Å².